The quantitative estimate of drug-likeness (QED) is 0.809. The molecule has 0 unspecified atom stereocenters. The second-order valence-electron chi connectivity index (χ2n) is 7.03. The Bertz CT molecular complexity index is 653. The van der Waals surface area contributed by atoms with Gasteiger partial charge in [-0.15, -0.1) is 0 Å². The van der Waals surface area contributed by atoms with Gasteiger partial charge in [-0.1, -0.05) is 0 Å². The van der Waals surface area contributed by atoms with Crippen molar-refractivity contribution in [2.24, 2.45) is 5.41 Å². The Kier molecular flexibility index (Phi) is 4.61. The zero-order valence-corrected chi connectivity index (χ0v) is 14.2. The van der Waals surface area contributed by atoms with Gasteiger partial charge in [-0.25, -0.2) is 9.97 Å². The number of carbonyl (C=O) groups excluding carboxylic acids is 1. The second kappa shape index (κ2) is 6.44. The van der Waals surface area contributed by atoms with E-state index in [0.717, 1.165) is 12.4 Å². The van der Waals surface area contributed by atoms with Crippen LogP contribution >= 0.6 is 0 Å². The molecule has 0 N–H and O–H groups in total. The number of aromatic nitrogens is 2. The zero-order valence-electron chi connectivity index (χ0n) is 14.2. The van der Waals surface area contributed by atoms with Crippen LogP contribution in [0.3, 0.4) is 0 Å². The Hall–Kier alpha value is -1.90. The fourth-order valence-electron chi connectivity index (χ4n) is 3.46. The van der Waals surface area contributed by atoms with E-state index < -0.39 is 17.3 Å². The number of nitrogens with zero attached hydrogens (tertiary/aromatic N) is 4. The summed E-state index contributed by atoms with van der Waals surface area (Å²) < 4.78 is 44.4. The lowest BCUT2D eigenvalue weighted by atomic mass is 9.87. The summed E-state index contributed by atoms with van der Waals surface area (Å²) >= 11 is 0. The zero-order chi connectivity index (χ0) is 18.2. The molecule has 138 valence electrons. The number of hydrogen-bond donors (Lipinski definition) is 0. The molecule has 0 saturated carbocycles. The van der Waals surface area contributed by atoms with Crippen LogP contribution in [0, 0.1) is 5.41 Å². The Balaban J connectivity index is 1.85. The van der Waals surface area contributed by atoms with Crippen molar-refractivity contribution in [3.8, 4) is 0 Å². The minimum atomic E-state index is -4.52. The van der Waals surface area contributed by atoms with Crippen LogP contribution in [0.15, 0.2) is 12.4 Å². The summed E-state index contributed by atoms with van der Waals surface area (Å²) in [7, 11) is 0. The van der Waals surface area contributed by atoms with E-state index in [-0.39, 0.29) is 17.8 Å². The Labute approximate surface area is 144 Å². The van der Waals surface area contributed by atoms with E-state index in [9.17, 15) is 18.0 Å². The third-order valence-electron chi connectivity index (χ3n) is 4.68. The number of rotatable bonds is 2. The number of amides is 1. The molecule has 1 spiro atoms. The summed E-state index contributed by atoms with van der Waals surface area (Å²) in [4.78, 5) is 23.2. The molecule has 2 fully saturated rings. The van der Waals surface area contributed by atoms with E-state index >= 15 is 0 Å². The van der Waals surface area contributed by atoms with Gasteiger partial charge < -0.3 is 14.5 Å². The van der Waals surface area contributed by atoms with Crippen LogP contribution in [0.4, 0.5) is 19.0 Å². The summed E-state index contributed by atoms with van der Waals surface area (Å²) in [6, 6.07) is 1.04. The summed E-state index contributed by atoms with van der Waals surface area (Å²) in [6.45, 7) is 6.08. The Morgan fingerprint density at radius 3 is 2.68 bits per heavy atom. The van der Waals surface area contributed by atoms with Crippen molar-refractivity contribution in [3.05, 3.63) is 18.1 Å². The van der Waals surface area contributed by atoms with Crippen LogP contribution in [-0.2, 0) is 15.7 Å². The summed E-state index contributed by atoms with van der Waals surface area (Å²) in [5.74, 6) is 0.266. The number of carbonyl (C=O) groups is 1. The van der Waals surface area contributed by atoms with Crippen molar-refractivity contribution in [1.29, 1.82) is 0 Å². The van der Waals surface area contributed by atoms with Gasteiger partial charge in [0.25, 0.3) is 0 Å². The molecule has 6 nitrogen and oxygen atoms in total. The number of alkyl halides is 3. The molecular formula is C16H21F3N4O2. The molecule has 2 aliphatic rings. The molecule has 3 heterocycles. The monoisotopic (exact) mass is 358 g/mol. The van der Waals surface area contributed by atoms with Gasteiger partial charge in [0.2, 0.25) is 5.91 Å². The smallest absolute Gasteiger partial charge is 0.379 e. The highest BCUT2D eigenvalue weighted by atomic mass is 19.4. The average Bonchev–Trinajstić information content (AvgIpc) is 2.73. The van der Waals surface area contributed by atoms with Gasteiger partial charge in [-0.3, -0.25) is 4.79 Å². The molecule has 2 aliphatic heterocycles. The van der Waals surface area contributed by atoms with E-state index in [1.54, 1.807) is 9.80 Å². The van der Waals surface area contributed by atoms with Gasteiger partial charge in [-0.05, 0) is 13.8 Å². The Morgan fingerprint density at radius 2 is 2.04 bits per heavy atom. The second-order valence-corrected chi connectivity index (χ2v) is 7.03. The van der Waals surface area contributed by atoms with E-state index in [2.05, 4.69) is 9.97 Å². The van der Waals surface area contributed by atoms with Gasteiger partial charge in [0, 0.05) is 43.6 Å². The first-order valence-electron chi connectivity index (χ1n) is 8.22. The lowest BCUT2D eigenvalue weighted by Crippen LogP contribution is -2.42. The van der Waals surface area contributed by atoms with Crippen LogP contribution in [0.2, 0.25) is 0 Å². The molecule has 0 aliphatic carbocycles. The molecule has 0 aromatic carbocycles. The van der Waals surface area contributed by atoms with E-state index in [0.29, 0.717) is 39.3 Å². The molecule has 0 bridgehead atoms. The first kappa shape index (κ1) is 17.9. The SMILES string of the molecule is CC(C)N1C[C@@]2(COCCN(c3cc(C(F)(F)F)ncn3)C2)CC1=O. The van der Waals surface area contributed by atoms with Gasteiger partial charge in [0.05, 0.1) is 13.2 Å². The van der Waals surface area contributed by atoms with Crippen molar-refractivity contribution in [2.75, 3.05) is 37.7 Å². The number of halogens is 3. The van der Waals surface area contributed by atoms with Crippen LogP contribution in [-0.4, -0.2) is 59.7 Å². The molecule has 1 amide bonds. The predicted molar refractivity (Wildman–Crippen MR) is 84.0 cm³/mol. The number of hydrogen-bond acceptors (Lipinski definition) is 5. The largest absolute Gasteiger partial charge is 0.433 e. The van der Waals surface area contributed by atoms with Crippen molar-refractivity contribution < 1.29 is 22.7 Å². The molecule has 0 radical (unpaired) electrons. The maximum atomic E-state index is 12.9. The number of anilines is 1. The predicted octanol–water partition coefficient (Wildman–Crippen LogP) is 1.96. The van der Waals surface area contributed by atoms with Crippen LogP contribution in [0.25, 0.3) is 0 Å². The highest BCUT2D eigenvalue weighted by Crippen LogP contribution is 2.37. The van der Waals surface area contributed by atoms with Crippen LogP contribution in [0.5, 0.6) is 0 Å². The van der Waals surface area contributed by atoms with Crippen molar-refractivity contribution in [2.45, 2.75) is 32.5 Å². The normalized spacial score (nSPS) is 25.1. The minimum Gasteiger partial charge on any atom is -0.379 e. The minimum absolute atomic E-state index is 0.0547. The van der Waals surface area contributed by atoms with Gasteiger partial charge >= 0.3 is 6.18 Å². The average molecular weight is 358 g/mol. The fraction of sp³-hybridized carbons (Fsp3) is 0.688. The van der Waals surface area contributed by atoms with Gasteiger partial charge in [0.15, 0.2) is 0 Å². The molecule has 25 heavy (non-hydrogen) atoms. The summed E-state index contributed by atoms with van der Waals surface area (Å²) in [6.07, 6.45) is -3.26. The summed E-state index contributed by atoms with van der Waals surface area (Å²) in [5, 5.41) is 0. The van der Waals surface area contributed by atoms with Gasteiger partial charge in [0.1, 0.15) is 17.8 Å². The third-order valence-corrected chi connectivity index (χ3v) is 4.68. The fourth-order valence-corrected chi connectivity index (χ4v) is 3.46. The molecule has 3 rings (SSSR count). The lowest BCUT2D eigenvalue weighted by molar-refractivity contribution is -0.141. The standard InChI is InChI=1S/C16H21F3N4O2/c1-11(2)23-8-15(6-14(23)24)7-22(3-4-25-9-15)13-5-12(16(17,18)19)20-10-21-13/h5,10-11H,3-4,6-9H2,1-2H3/t15-/m1/s1. The topological polar surface area (TPSA) is 58.6 Å². The summed E-state index contributed by atoms with van der Waals surface area (Å²) in [5.41, 5.74) is -1.40. The van der Waals surface area contributed by atoms with E-state index in [1.165, 1.54) is 0 Å². The molecule has 2 saturated heterocycles. The van der Waals surface area contributed by atoms with E-state index in [4.69, 9.17) is 4.74 Å². The lowest BCUT2D eigenvalue weighted by Gasteiger charge is -2.32. The molecule has 1 aromatic rings. The van der Waals surface area contributed by atoms with Gasteiger partial charge in [-0.2, -0.15) is 13.2 Å². The first-order valence-corrected chi connectivity index (χ1v) is 8.22. The first-order chi connectivity index (χ1) is 11.7. The third kappa shape index (κ3) is 3.70. The number of likely N-dealkylation sites (tertiary alicyclic amines) is 1. The maximum Gasteiger partial charge on any atom is 0.433 e. The van der Waals surface area contributed by atoms with Crippen molar-refractivity contribution in [3.63, 3.8) is 0 Å². The van der Waals surface area contributed by atoms with Crippen molar-refractivity contribution >= 4 is 11.7 Å². The highest BCUT2D eigenvalue weighted by Gasteiger charge is 2.46. The van der Waals surface area contributed by atoms with Crippen LogP contribution in [0.1, 0.15) is 26.0 Å². The maximum absolute atomic E-state index is 12.9. The van der Waals surface area contributed by atoms with E-state index in [1.807, 2.05) is 13.8 Å². The van der Waals surface area contributed by atoms with Crippen LogP contribution < -0.4 is 4.90 Å². The number of ether oxygens (including phenoxy) is 1. The molecule has 1 aromatic heterocycles. The van der Waals surface area contributed by atoms with Crippen molar-refractivity contribution in [1.82, 2.24) is 14.9 Å². The molecular weight excluding hydrogens is 337 g/mol. The molecule has 1 atom stereocenters. The Morgan fingerprint density at radius 1 is 1.28 bits per heavy atom. The molecule has 9 heteroatoms. The highest BCUT2D eigenvalue weighted by molar-refractivity contribution is 5.80.